The Labute approximate surface area is 332 Å². The van der Waals surface area contributed by atoms with Crippen LogP contribution in [0.15, 0.2) is 36.4 Å². The van der Waals surface area contributed by atoms with Gasteiger partial charge < -0.3 is 50.7 Å². The highest BCUT2D eigenvalue weighted by molar-refractivity contribution is 6.12. The number of amides is 7. The Kier molecular flexibility index (Phi) is 23.0. The molecule has 2 atom stereocenters. The highest BCUT2D eigenvalue weighted by Gasteiger charge is 2.29. The lowest BCUT2D eigenvalue weighted by molar-refractivity contribution is -0.137. The number of carbonyl (C=O) groups is 8. The van der Waals surface area contributed by atoms with Crippen molar-refractivity contribution in [2.75, 3.05) is 77.8 Å². The topological polar surface area (TPSA) is 260 Å². The van der Waals surface area contributed by atoms with Gasteiger partial charge in [0.1, 0.15) is 12.4 Å². The van der Waals surface area contributed by atoms with E-state index in [0.29, 0.717) is 44.1 Å². The van der Waals surface area contributed by atoms with Crippen molar-refractivity contribution in [2.45, 2.75) is 59.1 Å². The molecule has 57 heavy (non-hydrogen) atoms. The zero-order valence-electron chi connectivity index (χ0n) is 32.8. The first-order valence-corrected chi connectivity index (χ1v) is 18.8. The van der Waals surface area contributed by atoms with Crippen LogP contribution in [0.1, 0.15) is 52.0 Å². The number of carbonyl (C=O) groups excluding carboxylic acids is 8. The first-order valence-electron chi connectivity index (χ1n) is 18.8. The number of primary amides is 1. The summed E-state index contributed by atoms with van der Waals surface area (Å²) in [5.74, 6) is -3.12. The molecule has 0 saturated carbocycles. The quantitative estimate of drug-likeness (QED) is 0.0538. The van der Waals surface area contributed by atoms with E-state index in [1.165, 1.54) is 19.1 Å². The molecule has 1 aliphatic rings. The van der Waals surface area contributed by atoms with E-state index in [9.17, 15) is 38.4 Å². The third-order valence-corrected chi connectivity index (χ3v) is 8.20. The number of Topliss-reactive ketones (excluding diaryl/α,β-unsaturated/α-hetero) is 2. The van der Waals surface area contributed by atoms with Crippen LogP contribution in [-0.2, 0) is 59.1 Å². The van der Waals surface area contributed by atoms with E-state index < -0.39 is 30.0 Å². The molecule has 1 aromatic carbocycles. The maximum atomic E-state index is 13.5. The molecule has 19 heteroatoms. The molecular formula is C38H56N6O13. The van der Waals surface area contributed by atoms with Gasteiger partial charge in [-0.2, -0.15) is 0 Å². The smallest absolute Gasteiger partial charge is 0.407 e. The summed E-state index contributed by atoms with van der Waals surface area (Å²) in [6, 6.07) is 4.97. The molecule has 0 unspecified atom stereocenters. The van der Waals surface area contributed by atoms with Crippen molar-refractivity contribution < 1.29 is 62.0 Å². The van der Waals surface area contributed by atoms with Crippen LogP contribution < -0.4 is 27.0 Å². The predicted molar refractivity (Wildman–Crippen MR) is 204 cm³/mol. The van der Waals surface area contributed by atoms with Crippen LogP contribution in [0.25, 0.3) is 0 Å². The molecule has 6 N–H and O–H groups in total. The minimum atomic E-state index is -0.854. The van der Waals surface area contributed by atoms with Crippen molar-refractivity contribution in [3.63, 3.8) is 0 Å². The molecule has 0 aromatic heterocycles. The lowest BCUT2D eigenvalue weighted by atomic mass is 9.89. The predicted octanol–water partition coefficient (Wildman–Crippen LogP) is 0.987. The molecule has 0 bridgehead atoms. The number of nitrogens with one attached hydrogen (secondary N) is 4. The number of hydrogen-bond acceptors (Lipinski definition) is 13. The van der Waals surface area contributed by atoms with Crippen molar-refractivity contribution >= 4 is 53.0 Å². The first-order chi connectivity index (χ1) is 27.3. The van der Waals surface area contributed by atoms with Crippen molar-refractivity contribution in [1.82, 2.24) is 20.9 Å². The molecule has 1 aliphatic heterocycles. The third-order valence-electron chi connectivity index (χ3n) is 8.20. The number of imide groups is 1. The minimum Gasteiger partial charge on any atom is -0.445 e. The van der Waals surface area contributed by atoms with Gasteiger partial charge in [-0.05, 0) is 43.4 Å². The zero-order chi connectivity index (χ0) is 42.0. The van der Waals surface area contributed by atoms with Crippen LogP contribution in [0.4, 0.5) is 15.3 Å². The number of nitrogens with two attached hydrogens (primary N) is 1. The fourth-order valence-electron chi connectivity index (χ4n) is 5.18. The lowest BCUT2D eigenvalue weighted by Crippen LogP contribution is -2.45. The number of ketones is 2. The van der Waals surface area contributed by atoms with E-state index in [4.69, 9.17) is 29.4 Å². The van der Waals surface area contributed by atoms with Crippen LogP contribution >= 0.6 is 0 Å². The Morgan fingerprint density at radius 2 is 1.37 bits per heavy atom. The summed E-state index contributed by atoms with van der Waals surface area (Å²) in [6.45, 7) is 7.19. The summed E-state index contributed by atoms with van der Waals surface area (Å²) in [4.78, 5) is 97.6. The molecule has 1 aromatic rings. The van der Waals surface area contributed by atoms with Crippen molar-refractivity contribution in [1.29, 1.82) is 0 Å². The van der Waals surface area contributed by atoms with Crippen molar-refractivity contribution in [3.05, 3.63) is 42.0 Å². The Morgan fingerprint density at radius 1 is 0.789 bits per heavy atom. The monoisotopic (exact) mass is 804 g/mol. The average Bonchev–Trinajstić information content (AvgIpc) is 3.49. The molecule has 0 radical (unpaired) electrons. The van der Waals surface area contributed by atoms with E-state index in [1.807, 2.05) is 0 Å². The number of urea groups is 1. The second-order valence-corrected chi connectivity index (χ2v) is 13.3. The molecule has 0 aliphatic carbocycles. The number of anilines is 1. The number of ether oxygens (including phenoxy) is 5. The van der Waals surface area contributed by atoms with Gasteiger partial charge in [-0.15, -0.1) is 0 Å². The van der Waals surface area contributed by atoms with E-state index >= 15 is 0 Å². The van der Waals surface area contributed by atoms with Gasteiger partial charge in [0.15, 0.2) is 5.78 Å². The second-order valence-electron chi connectivity index (χ2n) is 13.3. The van der Waals surface area contributed by atoms with Gasteiger partial charge in [-0.3, -0.25) is 33.7 Å². The number of benzene rings is 1. The maximum Gasteiger partial charge on any atom is 0.407 e. The Bertz CT molecular complexity index is 1500. The highest BCUT2D eigenvalue weighted by atomic mass is 16.6. The average molecular weight is 805 g/mol. The van der Waals surface area contributed by atoms with E-state index in [-0.39, 0.29) is 107 Å². The van der Waals surface area contributed by atoms with Crippen LogP contribution in [0.5, 0.6) is 0 Å². The zero-order valence-corrected chi connectivity index (χ0v) is 32.8. The van der Waals surface area contributed by atoms with Gasteiger partial charge >= 0.3 is 12.1 Å². The Hall–Kier alpha value is -5.24. The standard InChI is InChI=1S/C38H56N6O13/c1-26(2)35(43-32(47)12-15-53-17-19-55-21-22-56-20-18-54-16-14-44-33(48)10-11-34(44)49)31(46)23-29(5-4-13-40-37(39)51)36(50)42-30-8-6-28(7-9-30)25-57-38(52)41-24-27(3)45/h6-11,26,29,35H,4-5,12-25H2,1-3H3,(H,41,52)(H,42,50)(H,43,47)(H3,39,40,51)/t29-,35+/m1/s1. The third kappa shape index (κ3) is 21.0. The first kappa shape index (κ1) is 47.9. The summed E-state index contributed by atoms with van der Waals surface area (Å²) in [5, 5.41) is 10.4. The number of rotatable bonds is 30. The molecule has 0 fully saturated rings. The largest absolute Gasteiger partial charge is 0.445 e. The number of nitrogens with zero attached hydrogens (tertiary/aromatic N) is 1. The van der Waals surface area contributed by atoms with Crippen LogP contribution in [0, 0.1) is 11.8 Å². The second kappa shape index (κ2) is 27.4. The Morgan fingerprint density at radius 3 is 1.93 bits per heavy atom. The summed E-state index contributed by atoms with van der Waals surface area (Å²) in [6.07, 6.45) is 2.15. The molecule has 19 nitrogen and oxygen atoms in total. The maximum absolute atomic E-state index is 13.5. The van der Waals surface area contributed by atoms with E-state index in [0.717, 1.165) is 4.90 Å². The van der Waals surface area contributed by atoms with E-state index in [2.05, 4.69) is 21.3 Å². The fraction of sp³-hybridized carbons (Fsp3) is 0.579. The summed E-state index contributed by atoms with van der Waals surface area (Å²) in [5.41, 5.74) is 6.23. The van der Waals surface area contributed by atoms with Crippen LogP contribution in [0.3, 0.4) is 0 Å². The fourth-order valence-corrected chi connectivity index (χ4v) is 5.18. The van der Waals surface area contributed by atoms with Gasteiger partial charge in [-0.1, -0.05) is 26.0 Å². The van der Waals surface area contributed by atoms with Gasteiger partial charge in [0, 0.05) is 43.1 Å². The lowest BCUT2D eigenvalue weighted by Gasteiger charge is -2.24. The van der Waals surface area contributed by atoms with Crippen LogP contribution in [-0.4, -0.2) is 131 Å². The number of hydrogen-bond donors (Lipinski definition) is 5. The number of alkyl carbamates (subject to hydrolysis) is 1. The highest BCUT2D eigenvalue weighted by Crippen LogP contribution is 2.19. The molecule has 1 heterocycles. The molecule has 7 amide bonds. The van der Waals surface area contributed by atoms with Gasteiger partial charge in [-0.25, -0.2) is 9.59 Å². The minimum absolute atomic E-state index is 0.00300. The Balaban J connectivity index is 1.71. The van der Waals surface area contributed by atoms with E-state index in [1.54, 1.807) is 38.1 Å². The van der Waals surface area contributed by atoms with Crippen molar-refractivity contribution in [2.24, 2.45) is 17.6 Å². The van der Waals surface area contributed by atoms with Gasteiger partial charge in [0.25, 0.3) is 11.8 Å². The van der Waals surface area contributed by atoms with Crippen LogP contribution in [0.2, 0.25) is 0 Å². The molecule has 0 saturated heterocycles. The molecule has 2 rings (SSSR count). The summed E-state index contributed by atoms with van der Waals surface area (Å²) < 4.78 is 26.8. The molecule has 0 spiro atoms. The van der Waals surface area contributed by atoms with Gasteiger partial charge in [0.2, 0.25) is 11.8 Å². The normalized spacial score (nSPS) is 13.3. The van der Waals surface area contributed by atoms with Gasteiger partial charge in [0.05, 0.1) is 72.0 Å². The van der Waals surface area contributed by atoms with Crippen molar-refractivity contribution in [3.8, 4) is 0 Å². The molecular weight excluding hydrogens is 748 g/mol. The summed E-state index contributed by atoms with van der Waals surface area (Å²) in [7, 11) is 0. The SMILES string of the molecule is CC(=O)CNC(=O)OCc1ccc(NC(=O)[C@H](CCCNC(N)=O)CC(=O)[C@@H](NC(=O)CCOCCOCCOCCOCCN2C(=O)C=CC2=O)C(C)C)cc1. The summed E-state index contributed by atoms with van der Waals surface area (Å²) >= 11 is 0. The molecule has 316 valence electrons.